The Labute approximate surface area is 197 Å². The van der Waals surface area contributed by atoms with Gasteiger partial charge in [0.05, 0.1) is 25.7 Å². The lowest BCUT2D eigenvalue weighted by molar-refractivity contribution is -0.188. The summed E-state index contributed by atoms with van der Waals surface area (Å²) in [5, 5.41) is 4.86. The van der Waals surface area contributed by atoms with Gasteiger partial charge < -0.3 is 4.74 Å². The average molecular weight is 484 g/mol. The number of halogens is 3. The third-order valence-electron chi connectivity index (χ3n) is 6.81. The number of benzene rings is 1. The lowest BCUT2D eigenvalue weighted by Crippen LogP contribution is -2.42. The normalized spacial score (nSPS) is 21.8. The van der Waals surface area contributed by atoms with Crippen molar-refractivity contribution in [2.75, 3.05) is 33.3 Å². The first kappa shape index (κ1) is 24.2. The van der Waals surface area contributed by atoms with Gasteiger partial charge in [0.2, 0.25) is 4.77 Å². The minimum Gasteiger partial charge on any atom is -0.497 e. The minimum atomic E-state index is -4.17. The van der Waals surface area contributed by atoms with Gasteiger partial charge in [-0.25, -0.2) is 4.68 Å². The Morgan fingerprint density at radius 2 is 1.79 bits per heavy atom. The molecule has 2 aliphatic rings. The summed E-state index contributed by atoms with van der Waals surface area (Å²) in [4.78, 5) is 4.23. The Balaban J connectivity index is 1.66. The van der Waals surface area contributed by atoms with Crippen LogP contribution < -0.4 is 4.74 Å². The van der Waals surface area contributed by atoms with Gasteiger partial charge in [0, 0.05) is 12.2 Å². The van der Waals surface area contributed by atoms with Crippen LogP contribution in [0.15, 0.2) is 24.3 Å². The van der Waals surface area contributed by atoms with Crippen LogP contribution in [0.3, 0.4) is 0 Å². The molecule has 33 heavy (non-hydrogen) atoms. The standard InChI is InChI=1S/C23H32F3N5OS/c1-17(29-13-4-3-5-14-29)21-27-30(16-28-12-6-7-18(15-28)23(24,25)26)22(33)31(21)19-8-10-20(32-2)11-9-19/h8-11,17-18H,3-7,12-16H2,1-2H3/t17-,18+/m0/s1. The molecule has 1 aromatic carbocycles. The van der Waals surface area contributed by atoms with Crippen molar-refractivity contribution in [2.45, 2.75) is 57.9 Å². The lowest BCUT2D eigenvalue weighted by atomic mass is 9.98. The first-order valence-corrected chi connectivity index (χ1v) is 12.1. The fourth-order valence-electron chi connectivity index (χ4n) is 4.87. The Hall–Kier alpha value is -1.91. The summed E-state index contributed by atoms with van der Waals surface area (Å²) in [5.74, 6) is 0.266. The molecule has 2 atom stereocenters. The molecular formula is C23H32F3N5OS. The molecule has 0 N–H and O–H groups in total. The first-order valence-electron chi connectivity index (χ1n) is 11.6. The molecule has 0 bridgehead atoms. The highest BCUT2D eigenvalue weighted by molar-refractivity contribution is 7.71. The van der Waals surface area contributed by atoms with Gasteiger partial charge >= 0.3 is 6.18 Å². The molecule has 0 saturated carbocycles. The number of piperidine rings is 2. The highest BCUT2D eigenvalue weighted by atomic mass is 32.1. The van der Waals surface area contributed by atoms with E-state index in [-0.39, 0.29) is 25.7 Å². The third-order valence-corrected chi connectivity index (χ3v) is 7.20. The zero-order valence-electron chi connectivity index (χ0n) is 19.2. The number of likely N-dealkylation sites (tertiary alicyclic amines) is 2. The molecule has 2 saturated heterocycles. The monoisotopic (exact) mass is 483 g/mol. The molecule has 2 fully saturated rings. The molecule has 182 valence electrons. The van der Waals surface area contributed by atoms with Gasteiger partial charge in [-0.15, -0.1) is 0 Å². The van der Waals surface area contributed by atoms with Crippen molar-refractivity contribution in [3.63, 3.8) is 0 Å². The average Bonchev–Trinajstić information content (AvgIpc) is 3.14. The van der Waals surface area contributed by atoms with E-state index in [0.717, 1.165) is 43.2 Å². The molecule has 0 spiro atoms. The van der Waals surface area contributed by atoms with Crippen LogP contribution in [0.4, 0.5) is 13.2 Å². The zero-order valence-corrected chi connectivity index (χ0v) is 20.0. The van der Waals surface area contributed by atoms with Gasteiger partial charge in [0.15, 0.2) is 5.82 Å². The number of methoxy groups -OCH3 is 1. The summed E-state index contributed by atoms with van der Waals surface area (Å²) < 4.78 is 49.3. The van der Waals surface area contributed by atoms with Crippen molar-refractivity contribution in [1.82, 2.24) is 24.1 Å². The molecule has 0 radical (unpaired) electrons. The number of nitrogens with zero attached hydrogens (tertiary/aromatic N) is 5. The van der Waals surface area contributed by atoms with Crippen LogP contribution in [-0.2, 0) is 6.67 Å². The quantitative estimate of drug-likeness (QED) is 0.529. The fraction of sp³-hybridized carbons (Fsp3) is 0.652. The largest absolute Gasteiger partial charge is 0.497 e. The number of hydrogen-bond donors (Lipinski definition) is 0. The maximum atomic E-state index is 13.3. The van der Waals surface area contributed by atoms with Crippen LogP contribution in [0.1, 0.15) is 50.9 Å². The molecular weight excluding hydrogens is 451 g/mol. The van der Waals surface area contributed by atoms with E-state index < -0.39 is 12.1 Å². The Kier molecular flexibility index (Phi) is 7.45. The van der Waals surface area contributed by atoms with E-state index in [9.17, 15) is 13.2 Å². The number of ether oxygens (including phenoxy) is 1. The first-order chi connectivity index (χ1) is 15.8. The molecule has 0 amide bonds. The predicted octanol–water partition coefficient (Wildman–Crippen LogP) is 5.19. The van der Waals surface area contributed by atoms with Gasteiger partial charge in [-0.3, -0.25) is 14.4 Å². The van der Waals surface area contributed by atoms with E-state index in [2.05, 4.69) is 11.8 Å². The zero-order chi connectivity index (χ0) is 23.6. The van der Waals surface area contributed by atoms with E-state index in [1.165, 1.54) is 6.42 Å². The van der Waals surface area contributed by atoms with Crippen molar-refractivity contribution in [3.05, 3.63) is 34.9 Å². The van der Waals surface area contributed by atoms with Gasteiger partial charge in [0.25, 0.3) is 0 Å². The fourth-order valence-corrected chi connectivity index (χ4v) is 5.17. The summed E-state index contributed by atoms with van der Waals surface area (Å²) in [6, 6.07) is 7.67. The van der Waals surface area contributed by atoms with E-state index in [4.69, 9.17) is 22.1 Å². The molecule has 2 aliphatic heterocycles. The van der Waals surface area contributed by atoms with Gasteiger partial charge in [-0.2, -0.15) is 18.3 Å². The van der Waals surface area contributed by atoms with Gasteiger partial charge in [-0.05, 0) is 88.7 Å². The second-order valence-corrected chi connectivity index (χ2v) is 9.41. The maximum absolute atomic E-state index is 13.3. The summed E-state index contributed by atoms with van der Waals surface area (Å²) in [6.45, 7) is 4.99. The van der Waals surface area contributed by atoms with Gasteiger partial charge in [0.1, 0.15) is 5.75 Å². The van der Waals surface area contributed by atoms with E-state index in [1.807, 2.05) is 33.7 Å². The molecule has 3 heterocycles. The Bertz CT molecular complexity index is 981. The van der Waals surface area contributed by atoms with Crippen LogP contribution in [0.25, 0.3) is 5.69 Å². The van der Waals surface area contributed by atoms with Crippen LogP contribution in [0.2, 0.25) is 0 Å². The third kappa shape index (κ3) is 5.44. The second kappa shape index (κ2) is 10.1. The Morgan fingerprint density at radius 3 is 2.42 bits per heavy atom. The summed E-state index contributed by atoms with van der Waals surface area (Å²) in [6.07, 6.45) is 0.0762. The predicted molar refractivity (Wildman–Crippen MR) is 123 cm³/mol. The van der Waals surface area contributed by atoms with Crippen molar-refractivity contribution in [1.29, 1.82) is 0 Å². The molecule has 10 heteroatoms. The van der Waals surface area contributed by atoms with Gasteiger partial charge in [-0.1, -0.05) is 6.42 Å². The van der Waals surface area contributed by atoms with E-state index >= 15 is 0 Å². The smallest absolute Gasteiger partial charge is 0.393 e. The van der Waals surface area contributed by atoms with Crippen LogP contribution in [-0.4, -0.2) is 63.6 Å². The molecule has 0 unspecified atom stereocenters. The topological polar surface area (TPSA) is 38.5 Å². The highest BCUT2D eigenvalue weighted by Crippen LogP contribution is 2.33. The van der Waals surface area contributed by atoms with Crippen molar-refractivity contribution in [2.24, 2.45) is 5.92 Å². The van der Waals surface area contributed by atoms with Crippen LogP contribution in [0, 0.1) is 10.7 Å². The summed E-state index contributed by atoms with van der Waals surface area (Å²) in [5.41, 5.74) is 0.873. The number of rotatable bonds is 6. The molecule has 6 nitrogen and oxygen atoms in total. The Morgan fingerprint density at radius 1 is 1.09 bits per heavy atom. The lowest BCUT2D eigenvalue weighted by Gasteiger charge is -2.33. The van der Waals surface area contributed by atoms with Crippen LogP contribution >= 0.6 is 12.2 Å². The SMILES string of the molecule is COc1ccc(-n2c([C@H](C)N3CCCCC3)nn(CN3CCC[C@@H](C(F)(F)F)C3)c2=S)cc1. The van der Waals surface area contributed by atoms with Crippen molar-refractivity contribution < 1.29 is 17.9 Å². The second-order valence-electron chi connectivity index (χ2n) is 9.05. The maximum Gasteiger partial charge on any atom is 0.393 e. The minimum absolute atomic E-state index is 0.0162. The summed E-state index contributed by atoms with van der Waals surface area (Å²) >= 11 is 5.81. The van der Waals surface area contributed by atoms with Crippen LogP contribution in [0.5, 0.6) is 5.75 Å². The summed E-state index contributed by atoms with van der Waals surface area (Å²) in [7, 11) is 1.62. The molecule has 0 aliphatic carbocycles. The highest BCUT2D eigenvalue weighted by Gasteiger charge is 2.41. The van der Waals surface area contributed by atoms with E-state index in [1.54, 1.807) is 11.8 Å². The van der Waals surface area contributed by atoms with E-state index in [0.29, 0.717) is 17.7 Å². The molecule has 4 rings (SSSR count). The number of alkyl halides is 3. The van der Waals surface area contributed by atoms with Crippen molar-refractivity contribution in [3.8, 4) is 11.4 Å². The van der Waals surface area contributed by atoms with Crippen molar-refractivity contribution >= 4 is 12.2 Å². The molecule has 2 aromatic rings. The number of aromatic nitrogens is 3. The molecule has 1 aromatic heterocycles. The number of hydrogen-bond acceptors (Lipinski definition) is 5.